The first-order chi connectivity index (χ1) is 3.50. The average molecular weight is 128 g/mol. The molecule has 8 heavy (non-hydrogen) atoms. The second-order valence-corrected chi connectivity index (χ2v) is 1.15. The van der Waals surface area contributed by atoms with E-state index in [9.17, 15) is 0 Å². The number of rotatable bonds is 0. The van der Waals surface area contributed by atoms with Gasteiger partial charge in [0.15, 0.2) is 0 Å². The number of hydrazone groups is 1. The van der Waals surface area contributed by atoms with E-state index in [4.69, 9.17) is 0 Å². The van der Waals surface area contributed by atoms with Crippen molar-refractivity contribution < 1.29 is 0 Å². The monoisotopic (exact) mass is 128 g/mol. The maximum absolute atomic E-state index is 3.72. The van der Waals surface area contributed by atoms with Gasteiger partial charge in [0.05, 0.1) is 0 Å². The van der Waals surface area contributed by atoms with E-state index in [0.29, 0.717) is 0 Å². The van der Waals surface area contributed by atoms with E-state index in [-0.39, 0.29) is 13.5 Å². The molecule has 0 bridgehead atoms. The highest BCUT2D eigenvalue weighted by molar-refractivity contribution is 7.59. The first-order valence-electron chi connectivity index (χ1n) is 2.10. The molecular weight excluding hydrogens is 120 g/mol. The SMILES string of the molecule is C1=CC=NNC=C1.S. The molecule has 0 aromatic heterocycles. The Kier molecular flexibility index (Phi) is 4.07. The van der Waals surface area contributed by atoms with E-state index in [1.165, 1.54) is 0 Å². The molecule has 0 radical (unpaired) electrons. The van der Waals surface area contributed by atoms with Crippen LogP contribution in [-0.2, 0) is 0 Å². The van der Waals surface area contributed by atoms with Crippen molar-refractivity contribution in [3.63, 3.8) is 0 Å². The van der Waals surface area contributed by atoms with E-state index in [1.807, 2.05) is 18.2 Å². The molecule has 1 aliphatic rings. The lowest BCUT2D eigenvalue weighted by Crippen LogP contribution is -1.89. The first-order valence-corrected chi connectivity index (χ1v) is 2.10. The van der Waals surface area contributed by atoms with Crippen LogP contribution >= 0.6 is 13.5 Å². The molecular formula is C5H8N2S. The molecule has 1 N–H and O–H groups in total. The van der Waals surface area contributed by atoms with Crippen molar-refractivity contribution in [2.75, 3.05) is 0 Å². The van der Waals surface area contributed by atoms with Crippen LogP contribution in [0.1, 0.15) is 0 Å². The Balaban J connectivity index is 0.000000490. The molecule has 0 aliphatic carbocycles. The lowest BCUT2D eigenvalue weighted by molar-refractivity contribution is 0.980. The molecule has 0 aromatic carbocycles. The zero-order valence-corrected chi connectivity index (χ0v) is 5.33. The van der Waals surface area contributed by atoms with Crippen molar-refractivity contribution in [2.24, 2.45) is 5.10 Å². The summed E-state index contributed by atoms with van der Waals surface area (Å²) in [5, 5.41) is 3.72. The fraction of sp³-hybridized carbons (Fsp3) is 0. The zero-order valence-electron chi connectivity index (χ0n) is 4.33. The molecule has 0 saturated heterocycles. The van der Waals surface area contributed by atoms with Crippen molar-refractivity contribution in [3.8, 4) is 0 Å². The third-order valence-corrected chi connectivity index (χ3v) is 0.628. The van der Waals surface area contributed by atoms with Crippen molar-refractivity contribution in [3.05, 3.63) is 24.4 Å². The highest BCUT2D eigenvalue weighted by atomic mass is 32.1. The van der Waals surface area contributed by atoms with Crippen LogP contribution in [0.5, 0.6) is 0 Å². The number of hydrogen-bond acceptors (Lipinski definition) is 2. The lowest BCUT2D eigenvalue weighted by atomic mass is 10.5. The Morgan fingerprint density at radius 3 is 2.88 bits per heavy atom. The molecule has 0 atom stereocenters. The predicted molar refractivity (Wildman–Crippen MR) is 40.3 cm³/mol. The maximum Gasteiger partial charge on any atom is 0.0472 e. The predicted octanol–water partition coefficient (Wildman–Crippen LogP) is 0.758. The highest BCUT2D eigenvalue weighted by Crippen LogP contribution is 1.76. The van der Waals surface area contributed by atoms with Crippen molar-refractivity contribution in [1.82, 2.24) is 5.43 Å². The summed E-state index contributed by atoms with van der Waals surface area (Å²) >= 11 is 0. The van der Waals surface area contributed by atoms with Gasteiger partial charge in [-0.3, -0.25) is 5.43 Å². The minimum Gasteiger partial charge on any atom is -0.286 e. The van der Waals surface area contributed by atoms with Crippen molar-refractivity contribution in [1.29, 1.82) is 0 Å². The summed E-state index contributed by atoms with van der Waals surface area (Å²) < 4.78 is 0. The summed E-state index contributed by atoms with van der Waals surface area (Å²) in [7, 11) is 0. The van der Waals surface area contributed by atoms with E-state index in [1.54, 1.807) is 12.4 Å². The Bertz CT molecular complexity index is 112. The van der Waals surface area contributed by atoms with Crippen LogP contribution in [0.25, 0.3) is 0 Å². The molecule has 0 unspecified atom stereocenters. The second kappa shape index (κ2) is 4.46. The largest absolute Gasteiger partial charge is 0.286 e. The minimum absolute atomic E-state index is 0. The van der Waals surface area contributed by atoms with Crippen LogP contribution in [0.3, 0.4) is 0 Å². The third kappa shape index (κ3) is 2.47. The fourth-order valence-corrected chi connectivity index (χ4v) is 0.342. The molecule has 1 rings (SSSR count). The Labute approximate surface area is 55.4 Å². The van der Waals surface area contributed by atoms with Gasteiger partial charge >= 0.3 is 0 Å². The molecule has 1 heterocycles. The summed E-state index contributed by atoms with van der Waals surface area (Å²) in [4.78, 5) is 0. The van der Waals surface area contributed by atoms with Crippen LogP contribution < -0.4 is 5.43 Å². The number of allylic oxidation sites excluding steroid dienone is 3. The van der Waals surface area contributed by atoms with Crippen LogP contribution in [-0.4, -0.2) is 6.21 Å². The lowest BCUT2D eigenvalue weighted by Gasteiger charge is -1.78. The minimum atomic E-state index is 0. The standard InChI is InChI=1S/C5H6N2.H2S/c1-2-4-6-7-5-3-1;/h1-6H;1H2. The molecule has 0 aromatic rings. The van der Waals surface area contributed by atoms with E-state index in [0.717, 1.165) is 0 Å². The van der Waals surface area contributed by atoms with Gasteiger partial charge in [-0.05, 0) is 12.2 Å². The van der Waals surface area contributed by atoms with Gasteiger partial charge in [0.1, 0.15) is 0 Å². The summed E-state index contributed by atoms with van der Waals surface area (Å²) in [6.45, 7) is 0. The normalized spacial score (nSPS) is 14.0. The molecule has 2 nitrogen and oxygen atoms in total. The quantitative estimate of drug-likeness (QED) is 0.511. The highest BCUT2D eigenvalue weighted by Gasteiger charge is 1.68. The van der Waals surface area contributed by atoms with Gasteiger partial charge in [-0.25, -0.2) is 0 Å². The van der Waals surface area contributed by atoms with Crippen LogP contribution in [0.4, 0.5) is 0 Å². The Hall–Kier alpha value is -0.700. The molecule has 3 heteroatoms. The summed E-state index contributed by atoms with van der Waals surface area (Å²) in [6.07, 6.45) is 9.10. The van der Waals surface area contributed by atoms with Crippen LogP contribution in [0.15, 0.2) is 29.5 Å². The molecule has 1 aliphatic heterocycles. The van der Waals surface area contributed by atoms with Gasteiger partial charge in [-0.15, -0.1) is 0 Å². The maximum atomic E-state index is 3.72. The zero-order chi connectivity index (χ0) is 4.95. The second-order valence-electron chi connectivity index (χ2n) is 1.15. The van der Waals surface area contributed by atoms with Gasteiger partial charge in [0.25, 0.3) is 0 Å². The number of nitrogens with zero attached hydrogens (tertiary/aromatic N) is 1. The summed E-state index contributed by atoms with van der Waals surface area (Å²) in [6, 6.07) is 0. The van der Waals surface area contributed by atoms with Crippen molar-refractivity contribution in [2.45, 2.75) is 0 Å². The Morgan fingerprint density at radius 1 is 1.12 bits per heavy atom. The first kappa shape index (κ1) is 7.30. The molecule has 0 saturated carbocycles. The van der Waals surface area contributed by atoms with Gasteiger partial charge in [-0.2, -0.15) is 18.6 Å². The van der Waals surface area contributed by atoms with E-state index < -0.39 is 0 Å². The summed E-state index contributed by atoms with van der Waals surface area (Å²) in [5.74, 6) is 0. The number of hydrogen-bond donors (Lipinski definition) is 1. The van der Waals surface area contributed by atoms with Gasteiger partial charge < -0.3 is 0 Å². The molecule has 0 amide bonds. The molecule has 44 valence electrons. The van der Waals surface area contributed by atoms with Crippen LogP contribution in [0.2, 0.25) is 0 Å². The number of nitrogens with one attached hydrogen (secondary N) is 1. The topological polar surface area (TPSA) is 24.4 Å². The van der Waals surface area contributed by atoms with Crippen LogP contribution in [0, 0.1) is 0 Å². The third-order valence-electron chi connectivity index (χ3n) is 0.628. The smallest absolute Gasteiger partial charge is 0.0472 e. The van der Waals surface area contributed by atoms with E-state index >= 15 is 0 Å². The van der Waals surface area contributed by atoms with Gasteiger partial charge in [0, 0.05) is 12.4 Å². The molecule has 0 spiro atoms. The average Bonchev–Trinajstić information content (AvgIpc) is 1.90. The molecule has 0 fully saturated rings. The summed E-state index contributed by atoms with van der Waals surface area (Å²) in [5.41, 5.74) is 2.67. The van der Waals surface area contributed by atoms with Crippen molar-refractivity contribution >= 4 is 19.7 Å². The van der Waals surface area contributed by atoms with Gasteiger partial charge in [-0.1, -0.05) is 6.08 Å². The fourth-order valence-electron chi connectivity index (χ4n) is 0.342. The van der Waals surface area contributed by atoms with Gasteiger partial charge in [0.2, 0.25) is 0 Å². The Morgan fingerprint density at radius 2 is 2.00 bits per heavy atom. The van der Waals surface area contributed by atoms with E-state index in [2.05, 4.69) is 10.5 Å².